The van der Waals surface area contributed by atoms with Crippen molar-refractivity contribution >= 4 is 40.3 Å². The molecule has 1 saturated heterocycles. The number of amides is 4. The van der Waals surface area contributed by atoms with E-state index in [4.69, 9.17) is 11.6 Å². The Morgan fingerprint density at radius 3 is 2.76 bits per heavy atom. The predicted octanol–water partition coefficient (Wildman–Crippen LogP) is 1.83. The number of aromatic amines is 1. The van der Waals surface area contributed by atoms with Gasteiger partial charge in [-0.2, -0.15) is 0 Å². The summed E-state index contributed by atoms with van der Waals surface area (Å²) in [5, 5.41) is 12.2. The average Bonchev–Trinajstić information content (AvgIpc) is 3.22. The molecule has 0 spiro atoms. The fraction of sp³-hybridized carbons (Fsp3) is 0.450. The van der Waals surface area contributed by atoms with E-state index >= 15 is 0 Å². The van der Waals surface area contributed by atoms with Gasteiger partial charge in [-0.3, -0.25) is 9.59 Å². The van der Waals surface area contributed by atoms with E-state index in [2.05, 4.69) is 26.3 Å². The third kappa shape index (κ3) is 4.03. The molecule has 2 fully saturated rings. The molecule has 1 unspecified atom stereocenters. The summed E-state index contributed by atoms with van der Waals surface area (Å²) in [6.07, 6.45) is 3.12. The fourth-order valence-corrected chi connectivity index (χ4v) is 4.08. The number of halogens is 1. The van der Waals surface area contributed by atoms with Gasteiger partial charge in [-0.05, 0) is 37.8 Å². The molecule has 8 nitrogen and oxygen atoms in total. The maximum absolute atomic E-state index is 12.7. The van der Waals surface area contributed by atoms with Gasteiger partial charge in [0, 0.05) is 30.0 Å². The first-order valence-corrected chi connectivity index (χ1v) is 10.2. The topological polar surface area (TPSA) is 115 Å². The Kier molecular flexibility index (Phi) is 5.36. The van der Waals surface area contributed by atoms with Crippen LogP contribution in [0.5, 0.6) is 0 Å². The molecule has 5 N–H and O–H groups in total. The predicted molar refractivity (Wildman–Crippen MR) is 110 cm³/mol. The number of H-pyrrole nitrogens is 1. The number of benzene rings is 1. The summed E-state index contributed by atoms with van der Waals surface area (Å²) in [6, 6.07) is 4.66. The molecule has 1 aromatic carbocycles. The van der Waals surface area contributed by atoms with Gasteiger partial charge in [0.15, 0.2) is 0 Å². The first-order valence-electron chi connectivity index (χ1n) is 9.83. The van der Waals surface area contributed by atoms with E-state index in [1.807, 2.05) is 25.1 Å². The van der Waals surface area contributed by atoms with E-state index in [0.717, 1.165) is 35.7 Å². The molecule has 0 radical (unpaired) electrons. The number of urea groups is 1. The van der Waals surface area contributed by atoms with Crippen LogP contribution in [0.25, 0.3) is 10.9 Å². The van der Waals surface area contributed by atoms with Crippen molar-refractivity contribution in [3.05, 3.63) is 34.5 Å². The van der Waals surface area contributed by atoms with Crippen LogP contribution in [-0.4, -0.2) is 48.0 Å². The van der Waals surface area contributed by atoms with Crippen LogP contribution in [0.3, 0.4) is 0 Å². The molecular weight excluding hydrogens is 394 g/mol. The molecule has 2 aromatic rings. The first-order chi connectivity index (χ1) is 13.9. The highest BCUT2D eigenvalue weighted by Crippen LogP contribution is 2.30. The number of fused-ring (bicyclic) bond motifs is 1. The largest absolute Gasteiger partial charge is 0.349 e. The fourth-order valence-electron chi connectivity index (χ4n) is 3.79. The highest BCUT2D eigenvalue weighted by molar-refractivity contribution is 6.38. The molecule has 1 aliphatic carbocycles. The molecule has 2 aliphatic rings. The van der Waals surface area contributed by atoms with Crippen LogP contribution in [0.4, 0.5) is 4.79 Å². The van der Waals surface area contributed by atoms with Crippen molar-refractivity contribution < 1.29 is 14.4 Å². The van der Waals surface area contributed by atoms with E-state index in [9.17, 15) is 14.4 Å². The van der Waals surface area contributed by atoms with Crippen LogP contribution >= 0.6 is 11.6 Å². The van der Waals surface area contributed by atoms with Gasteiger partial charge in [0.1, 0.15) is 11.7 Å². The molecule has 4 rings (SSSR count). The summed E-state index contributed by atoms with van der Waals surface area (Å²) >= 11 is 6.42. The SMILES string of the molecule is Cc1ccc2[nH]c(C(=O)NCC(NC(=O)[C@@H]3CNC(=O)N3)C3CCC3)c(Cl)c2c1. The van der Waals surface area contributed by atoms with Gasteiger partial charge >= 0.3 is 6.03 Å². The van der Waals surface area contributed by atoms with Crippen molar-refractivity contribution in [3.63, 3.8) is 0 Å². The highest BCUT2D eigenvalue weighted by Gasteiger charge is 2.33. The number of aromatic nitrogens is 1. The molecule has 1 aliphatic heterocycles. The minimum Gasteiger partial charge on any atom is -0.349 e. The lowest BCUT2D eigenvalue weighted by Crippen LogP contribution is -2.54. The minimum absolute atomic E-state index is 0.192. The lowest BCUT2D eigenvalue weighted by Gasteiger charge is -2.34. The summed E-state index contributed by atoms with van der Waals surface area (Å²) in [6.45, 7) is 2.53. The molecule has 1 aromatic heterocycles. The van der Waals surface area contributed by atoms with Gasteiger partial charge in [-0.1, -0.05) is 29.7 Å². The van der Waals surface area contributed by atoms with Gasteiger partial charge < -0.3 is 26.3 Å². The molecule has 2 atom stereocenters. The van der Waals surface area contributed by atoms with Crippen molar-refractivity contribution in [1.29, 1.82) is 0 Å². The summed E-state index contributed by atoms with van der Waals surface area (Å²) < 4.78 is 0. The van der Waals surface area contributed by atoms with Crippen molar-refractivity contribution in [2.24, 2.45) is 5.92 Å². The van der Waals surface area contributed by atoms with Crippen LogP contribution in [0.15, 0.2) is 18.2 Å². The Hall–Kier alpha value is -2.74. The maximum atomic E-state index is 12.7. The van der Waals surface area contributed by atoms with Gasteiger partial charge in [0.05, 0.1) is 5.02 Å². The van der Waals surface area contributed by atoms with E-state index < -0.39 is 6.04 Å². The van der Waals surface area contributed by atoms with Crippen LogP contribution in [0, 0.1) is 12.8 Å². The molecule has 0 bridgehead atoms. The number of nitrogens with one attached hydrogen (secondary N) is 5. The Balaban J connectivity index is 1.42. The van der Waals surface area contributed by atoms with Gasteiger partial charge in [-0.25, -0.2) is 4.79 Å². The van der Waals surface area contributed by atoms with Gasteiger partial charge in [-0.15, -0.1) is 0 Å². The Morgan fingerprint density at radius 2 is 2.10 bits per heavy atom. The van der Waals surface area contributed by atoms with Crippen LogP contribution < -0.4 is 21.3 Å². The zero-order valence-corrected chi connectivity index (χ0v) is 16.9. The van der Waals surface area contributed by atoms with Gasteiger partial charge in [0.2, 0.25) is 5.91 Å². The Morgan fingerprint density at radius 1 is 1.31 bits per heavy atom. The summed E-state index contributed by atoms with van der Waals surface area (Å²) in [5.41, 5.74) is 2.18. The number of carbonyl (C=O) groups is 3. The number of hydrogen-bond acceptors (Lipinski definition) is 3. The molecule has 9 heteroatoms. The summed E-state index contributed by atoms with van der Waals surface area (Å²) in [7, 11) is 0. The smallest absolute Gasteiger partial charge is 0.315 e. The van der Waals surface area contributed by atoms with Crippen molar-refractivity contribution in [1.82, 2.24) is 26.3 Å². The Labute approximate surface area is 173 Å². The zero-order valence-electron chi connectivity index (χ0n) is 16.1. The second kappa shape index (κ2) is 7.94. The van der Waals surface area contributed by atoms with E-state index in [-0.39, 0.29) is 30.4 Å². The van der Waals surface area contributed by atoms with Crippen molar-refractivity contribution in [3.8, 4) is 0 Å². The standard InChI is InChI=1S/C20H24ClN5O3/c1-10-5-6-13-12(7-10)16(21)17(24-13)19(28)22-8-14(11-3-2-4-11)25-18(27)15-9-23-20(29)26-15/h5-7,11,14-15,24H,2-4,8-9H2,1H3,(H,22,28)(H,25,27)(H2,23,26,29)/t14?,15-/m0/s1. The first kappa shape index (κ1) is 19.6. The summed E-state index contributed by atoms with van der Waals surface area (Å²) in [5.74, 6) is -0.239. The number of carbonyl (C=O) groups excluding carboxylic acids is 3. The molecule has 1 saturated carbocycles. The van der Waals surface area contributed by atoms with Crippen LogP contribution in [-0.2, 0) is 4.79 Å². The highest BCUT2D eigenvalue weighted by atomic mass is 35.5. The third-order valence-corrected chi connectivity index (χ3v) is 6.13. The molecule has 2 heterocycles. The quantitative estimate of drug-likeness (QED) is 0.493. The lowest BCUT2D eigenvalue weighted by atomic mass is 9.79. The number of rotatable bonds is 6. The van der Waals surface area contributed by atoms with E-state index in [0.29, 0.717) is 23.2 Å². The second-order valence-corrected chi connectivity index (χ2v) is 8.16. The molecule has 29 heavy (non-hydrogen) atoms. The third-order valence-electron chi connectivity index (χ3n) is 5.74. The van der Waals surface area contributed by atoms with Crippen LogP contribution in [0.2, 0.25) is 5.02 Å². The summed E-state index contributed by atoms with van der Waals surface area (Å²) in [4.78, 5) is 39.5. The number of hydrogen-bond donors (Lipinski definition) is 5. The second-order valence-electron chi connectivity index (χ2n) is 7.79. The molecule has 154 valence electrons. The monoisotopic (exact) mass is 417 g/mol. The van der Waals surface area contributed by atoms with Crippen molar-refractivity contribution in [2.45, 2.75) is 38.3 Å². The minimum atomic E-state index is -0.591. The van der Waals surface area contributed by atoms with Gasteiger partial charge in [0.25, 0.3) is 5.91 Å². The molecule has 4 amide bonds. The average molecular weight is 418 g/mol. The lowest BCUT2D eigenvalue weighted by molar-refractivity contribution is -0.123. The van der Waals surface area contributed by atoms with E-state index in [1.54, 1.807) is 0 Å². The van der Waals surface area contributed by atoms with E-state index in [1.165, 1.54) is 0 Å². The number of aryl methyl sites for hydroxylation is 1. The normalized spacial score (nSPS) is 19.9. The Bertz CT molecular complexity index is 968. The van der Waals surface area contributed by atoms with Crippen LogP contribution in [0.1, 0.15) is 35.3 Å². The zero-order chi connectivity index (χ0) is 20.5. The molecular formula is C20H24ClN5O3. The van der Waals surface area contributed by atoms with Crippen molar-refractivity contribution in [2.75, 3.05) is 13.1 Å². The maximum Gasteiger partial charge on any atom is 0.315 e.